The second kappa shape index (κ2) is 23.0. The van der Waals surface area contributed by atoms with E-state index < -0.39 is 48.6 Å². The van der Waals surface area contributed by atoms with Gasteiger partial charge in [-0.2, -0.15) is 17.6 Å². The van der Waals surface area contributed by atoms with Crippen LogP contribution in [0.4, 0.5) is 47.3 Å². The van der Waals surface area contributed by atoms with E-state index in [1.807, 2.05) is 14.1 Å². The topological polar surface area (TPSA) is 139 Å². The van der Waals surface area contributed by atoms with Crippen LogP contribution in [0.1, 0.15) is 33.8 Å². The molecule has 67 heavy (non-hydrogen) atoms. The van der Waals surface area contributed by atoms with Gasteiger partial charge in [0.2, 0.25) is 5.89 Å². The molecular formula is C45H45Cl2F6N9O5. The molecule has 0 aliphatic carbocycles. The predicted octanol–water partition coefficient (Wildman–Crippen LogP) is 8.26. The van der Waals surface area contributed by atoms with Crippen LogP contribution in [0.25, 0.3) is 11.5 Å². The molecule has 0 radical (unpaired) electrons. The lowest BCUT2D eigenvalue weighted by Gasteiger charge is -2.36. The third-order valence-corrected chi connectivity index (χ3v) is 11.3. The molecule has 4 aromatic carbocycles. The van der Waals surface area contributed by atoms with Crippen molar-refractivity contribution >= 4 is 58.3 Å². The number of carbonyl (C=O) groups excluding carboxylic acids is 4. The summed E-state index contributed by atoms with van der Waals surface area (Å²) in [6, 6.07) is 20.6. The SMILES string of the molecule is CN1CCN(C(=O)N(Cc2ccc(-c3nnc(C(F)F)o3)cc2F)c2cccc(Cl)c2)CC1.CN1CCN(C(=O)N(Cc2ccc(C(=O)CNC(=O)C(F)F)cc2F)c2cccc(Cl)c2)CC1. The summed E-state index contributed by atoms with van der Waals surface area (Å²) >= 11 is 12.2. The fraction of sp³-hybridized carbons (Fsp3) is 0.333. The van der Waals surface area contributed by atoms with Crippen molar-refractivity contribution in [1.29, 1.82) is 0 Å². The lowest BCUT2D eigenvalue weighted by Crippen LogP contribution is -2.52. The van der Waals surface area contributed by atoms with Crippen LogP contribution in [0.3, 0.4) is 0 Å². The zero-order valence-electron chi connectivity index (χ0n) is 36.2. The normalized spacial score (nSPS) is 14.4. The van der Waals surface area contributed by atoms with E-state index in [4.69, 9.17) is 27.6 Å². The number of nitrogens with zero attached hydrogens (tertiary/aromatic N) is 8. The van der Waals surface area contributed by atoms with Crippen LogP contribution in [0.2, 0.25) is 10.0 Å². The molecule has 5 amide bonds. The number of halogens is 8. The van der Waals surface area contributed by atoms with Crippen molar-refractivity contribution in [3.8, 4) is 11.5 Å². The first-order valence-corrected chi connectivity index (χ1v) is 21.5. The standard InChI is InChI=1S/C23H24ClF3N4O3.C22H21ClF3N5O2/c1-29-7-9-30(10-8-29)23(34)31(18-4-2-3-17(24)12-18)14-16-6-5-15(11-19(16)25)20(32)13-28-22(33)21(26)27;1-29-7-9-30(10-8-29)22(32)31(17-4-2-3-16(23)12-17)13-15-6-5-14(11-18(15)24)20-27-28-21(33-20)19(25)26/h2-6,11-12,21H,7-10,13-14H2,1H3,(H,28,33);2-6,11-12,19H,7-10,13H2,1H3. The minimum Gasteiger partial charge on any atom is -0.415 e. The second-order valence-corrected chi connectivity index (χ2v) is 16.5. The maximum atomic E-state index is 15.0. The number of likely N-dealkylation sites (N-methyl/N-ethyl adjacent to an activating group) is 2. The van der Waals surface area contributed by atoms with E-state index in [1.165, 1.54) is 34.1 Å². The summed E-state index contributed by atoms with van der Waals surface area (Å²) < 4.78 is 84.7. The first-order chi connectivity index (χ1) is 32.0. The van der Waals surface area contributed by atoms with E-state index in [1.54, 1.807) is 63.6 Å². The highest BCUT2D eigenvalue weighted by Crippen LogP contribution is 2.29. The molecule has 356 valence electrons. The summed E-state index contributed by atoms with van der Waals surface area (Å²) in [5, 5.41) is 9.46. The Hall–Kier alpha value is -6.22. The average molecular weight is 977 g/mol. The van der Waals surface area contributed by atoms with Crippen molar-refractivity contribution in [2.45, 2.75) is 25.9 Å². The van der Waals surface area contributed by atoms with Crippen LogP contribution >= 0.6 is 23.2 Å². The number of anilines is 2. The van der Waals surface area contributed by atoms with Gasteiger partial charge in [-0.05, 0) is 68.7 Å². The van der Waals surface area contributed by atoms with Crippen LogP contribution in [-0.4, -0.2) is 133 Å². The summed E-state index contributed by atoms with van der Waals surface area (Å²) in [6.45, 7) is 4.20. The van der Waals surface area contributed by atoms with Gasteiger partial charge in [-0.25, -0.2) is 18.4 Å². The van der Waals surface area contributed by atoms with Gasteiger partial charge < -0.3 is 29.3 Å². The highest BCUT2D eigenvalue weighted by molar-refractivity contribution is 6.31. The van der Waals surface area contributed by atoms with Gasteiger partial charge in [-0.1, -0.05) is 53.5 Å². The van der Waals surface area contributed by atoms with Crippen LogP contribution in [0.15, 0.2) is 89.3 Å². The maximum Gasteiger partial charge on any atom is 0.324 e. The molecule has 5 aromatic rings. The molecular weight excluding hydrogens is 931 g/mol. The van der Waals surface area contributed by atoms with E-state index in [-0.39, 0.29) is 53.3 Å². The number of nitrogens with one attached hydrogen (secondary N) is 1. The fourth-order valence-electron chi connectivity index (χ4n) is 6.95. The number of carbonyl (C=O) groups is 4. The number of aromatic nitrogens is 2. The average Bonchev–Trinajstić information content (AvgIpc) is 3.81. The Bertz CT molecular complexity index is 2540. The molecule has 2 saturated heterocycles. The second-order valence-electron chi connectivity index (χ2n) is 15.6. The molecule has 2 fully saturated rings. The molecule has 14 nitrogen and oxygen atoms in total. The van der Waals surface area contributed by atoms with Gasteiger partial charge >= 0.3 is 24.9 Å². The number of amides is 5. The van der Waals surface area contributed by atoms with E-state index in [9.17, 15) is 45.5 Å². The quantitative estimate of drug-likeness (QED) is 0.0968. The number of ketones is 1. The zero-order chi connectivity index (χ0) is 48.4. The van der Waals surface area contributed by atoms with Crippen LogP contribution < -0.4 is 15.1 Å². The molecule has 1 aromatic heterocycles. The molecule has 3 heterocycles. The molecule has 0 atom stereocenters. The highest BCUT2D eigenvalue weighted by Gasteiger charge is 2.29. The van der Waals surface area contributed by atoms with Gasteiger partial charge in [0.15, 0.2) is 5.78 Å². The number of urea groups is 2. The molecule has 1 N–H and O–H groups in total. The summed E-state index contributed by atoms with van der Waals surface area (Å²) in [7, 11) is 3.95. The molecule has 2 aliphatic rings. The molecule has 0 spiro atoms. The van der Waals surface area contributed by atoms with Crippen molar-refractivity contribution in [3.63, 3.8) is 0 Å². The molecule has 7 rings (SSSR count). The number of Topliss-reactive ketones (excluding diaryl/α,β-unsaturated/α-hetero) is 1. The Morgan fingerprint density at radius 2 is 1.16 bits per heavy atom. The number of benzene rings is 4. The predicted molar refractivity (Wildman–Crippen MR) is 239 cm³/mol. The fourth-order valence-corrected chi connectivity index (χ4v) is 7.32. The van der Waals surface area contributed by atoms with Crippen molar-refractivity contribution in [2.75, 3.05) is 82.8 Å². The lowest BCUT2D eigenvalue weighted by atomic mass is 10.1. The van der Waals surface area contributed by atoms with Crippen molar-refractivity contribution < 1.29 is 49.9 Å². The van der Waals surface area contributed by atoms with Crippen molar-refractivity contribution in [1.82, 2.24) is 35.1 Å². The number of alkyl halides is 4. The highest BCUT2D eigenvalue weighted by atomic mass is 35.5. The molecule has 0 saturated carbocycles. The first-order valence-electron chi connectivity index (χ1n) is 20.8. The number of hydrogen-bond donors (Lipinski definition) is 1. The van der Waals surface area contributed by atoms with E-state index in [2.05, 4.69) is 20.0 Å². The number of rotatable bonds is 12. The molecule has 2 aliphatic heterocycles. The van der Waals surface area contributed by atoms with Crippen molar-refractivity contribution in [3.05, 3.63) is 129 Å². The minimum absolute atomic E-state index is 0.0518. The van der Waals surface area contributed by atoms with Crippen LogP contribution in [-0.2, 0) is 17.9 Å². The summed E-state index contributed by atoms with van der Waals surface area (Å²) in [4.78, 5) is 60.3. The number of hydrogen-bond acceptors (Lipinski definition) is 9. The van der Waals surface area contributed by atoms with Gasteiger partial charge in [-0.15, -0.1) is 10.2 Å². The zero-order valence-corrected chi connectivity index (χ0v) is 37.7. The molecule has 22 heteroatoms. The maximum absolute atomic E-state index is 15.0. The Kier molecular flexibility index (Phi) is 17.2. The van der Waals surface area contributed by atoms with Crippen LogP contribution in [0, 0.1) is 11.6 Å². The third-order valence-electron chi connectivity index (χ3n) is 10.8. The first kappa shape index (κ1) is 50.2. The van der Waals surface area contributed by atoms with Gasteiger partial charge in [0.25, 0.3) is 11.8 Å². The van der Waals surface area contributed by atoms with Gasteiger partial charge in [0, 0.05) is 96.0 Å². The number of piperazine rings is 2. The van der Waals surface area contributed by atoms with Gasteiger partial charge in [-0.3, -0.25) is 19.4 Å². The third kappa shape index (κ3) is 13.5. The van der Waals surface area contributed by atoms with Gasteiger partial charge in [0.05, 0.1) is 19.6 Å². The summed E-state index contributed by atoms with van der Waals surface area (Å²) in [6.07, 6.45) is -6.16. The summed E-state index contributed by atoms with van der Waals surface area (Å²) in [5.41, 5.74) is 1.48. The lowest BCUT2D eigenvalue weighted by molar-refractivity contribution is -0.131. The minimum atomic E-state index is -3.25. The largest absolute Gasteiger partial charge is 0.415 e. The Morgan fingerprint density at radius 1 is 0.672 bits per heavy atom. The van der Waals surface area contributed by atoms with E-state index in [0.717, 1.165) is 25.2 Å². The Labute approximate surface area is 391 Å². The van der Waals surface area contributed by atoms with E-state index >= 15 is 0 Å². The van der Waals surface area contributed by atoms with Crippen molar-refractivity contribution in [2.24, 2.45) is 0 Å². The Morgan fingerprint density at radius 3 is 1.60 bits per heavy atom. The molecule has 0 unspecified atom stereocenters. The monoisotopic (exact) mass is 975 g/mol. The summed E-state index contributed by atoms with van der Waals surface area (Å²) in [5.74, 6) is -4.73. The Balaban J connectivity index is 0.000000221. The van der Waals surface area contributed by atoms with Crippen LogP contribution in [0.5, 0.6) is 0 Å². The van der Waals surface area contributed by atoms with E-state index in [0.29, 0.717) is 60.7 Å². The van der Waals surface area contributed by atoms with Gasteiger partial charge in [0.1, 0.15) is 11.6 Å². The smallest absolute Gasteiger partial charge is 0.324 e. The molecule has 0 bridgehead atoms.